The second kappa shape index (κ2) is 6.63. The van der Waals surface area contributed by atoms with Crippen LogP contribution in [0, 0.1) is 0 Å². The van der Waals surface area contributed by atoms with E-state index in [1.54, 1.807) is 0 Å². The number of aromatic nitrogens is 1. The summed E-state index contributed by atoms with van der Waals surface area (Å²) in [6, 6.07) is 19.6. The molecular weight excluding hydrogens is 404 g/mol. The molecule has 2 heterocycles. The van der Waals surface area contributed by atoms with Gasteiger partial charge < -0.3 is 14.8 Å². The van der Waals surface area contributed by atoms with Crippen molar-refractivity contribution in [1.82, 2.24) is 9.47 Å². The Morgan fingerprint density at radius 2 is 1.47 bits per heavy atom. The third-order valence-electron chi connectivity index (χ3n) is 6.52. The lowest BCUT2D eigenvalue weighted by Gasteiger charge is -2.14. The Kier molecular flexibility index (Phi) is 3.93. The van der Waals surface area contributed by atoms with Crippen LogP contribution in [0.1, 0.15) is 20.7 Å². The summed E-state index contributed by atoms with van der Waals surface area (Å²) < 4.78 is 1.96. The van der Waals surface area contributed by atoms with E-state index in [0.717, 1.165) is 38.0 Å². The molecule has 0 spiro atoms. The average Bonchev–Trinajstić information content (AvgIpc) is 3.25. The Balaban J connectivity index is 1.92. The van der Waals surface area contributed by atoms with Crippen molar-refractivity contribution >= 4 is 55.2 Å². The quantitative estimate of drug-likeness (QED) is 0.342. The topological polar surface area (TPSA) is 82.8 Å². The molecular formula is C26H20N2O4. The Bertz CT molecular complexity index is 1620. The van der Waals surface area contributed by atoms with Crippen molar-refractivity contribution < 1.29 is 19.8 Å². The fourth-order valence-corrected chi connectivity index (χ4v) is 5.06. The van der Waals surface area contributed by atoms with Crippen molar-refractivity contribution in [1.29, 1.82) is 0 Å². The summed E-state index contributed by atoms with van der Waals surface area (Å²) in [5.74, 6) is -0.630. The lowest BCUT2D eigenvalue weighted by molar-refractivity contribution is 0.0694. The monoisotopic (exact) mass is 424 g/mol. The first-order chi connectivity index (χ1) is 15.5. The molecule has 0 radical (unpaired) electrons. The van der Waals surface area contributed by atoms with Gasteiger partial charge in [-0.3, -0.25) is 14.5 Å². The number of fused-ring (bicyclic) bond motifs is 9. The van der Waals surface area contributed by atoms with Gasteiger partial charge in [-0.1, -0.05) is 42.5 Å². The minimum atomic E-state index is -0.960. The number of imide groups is 1. The zero-order valence-electron chi connectivity index (χ0n) is 17.4. The zero-order valence-corrected chi connectivity index (χ0v) is 17.4. The van der Waals surface area contributed by atoms with Gasteiger partial charge in [-0.05, 0) is 34.4 Å². The Morgan fingerprint density at radius 3 is 2.19 bits per heavy atom. The van der Waals surface area contributed by atoms with Gasteiger partial charge in [-0.25, -0.2) is 0 Å². The molecule has 1 aliphatic rings. The molecule has 6 rings (SSSR count). The van der Waals surface area contributed by atoms with Crippen LogP contribution in [0.25, 0.3) is 43.4 Å². The Labute approximate surface area is 182 Å². The molecule has 1 aliphatic heterocycles. The van der Waals surface area contributed by atoms with Crippen LogP contribution < -0.4 is 0 Å². The van der Waals surface area contributed by atoms with Gasteiger partial charge in [0.05, 0.1) is 35.9 Å². The Morgan fingerprint density at radius 1 is 0.844 bits per heavy atom. The molecule has 4 aromatic carbocycles. The van der Waals surface area contributed by atoms with Gasteiger partial charge in [0.15, 0.2) is 0 Å². The van der Waals surface area contributed by atoms with Crippen molar-refractivity contribution in [2.75, 3.05) is 13.7 Å². The predicted molar refractivity (Wildman–Crippen MR) is 124 cm³/mol. The summed E-state index contributed by atoms with van der Waals surface area (Å²) in [5, 5.41) is 25.0. The number of hydrogen-bond acceptors (Lipinski definition) is 4. The third-order valence-corrected chi connectivity index (χ3v) is 6.52. The van der Waals surface area contributed by atoms with Crippen LogP contribution >= 0.6 is 0 Å². The highest BCUT2D eigenvalue weighted by atomic mass is 16.3. The predicted octanol–water partition coefficient (Wildman–Crippen LogP) is 3.68. The molecule has 2 N–H and O–H groups in total. The number of amides is 2. The standard InChI is InChI=1S/C26H20N2O4/c1-27-25(31)22-18-10-14-6-2-3-7-15(14)11-19(18)24-21(23(22)26(27)32)17-8-4-5-9-20(17)28(24)12-16(30)13-29/h2-11,16,29-30H,12-13H2,1H3. The summed E-state index contributed by atoms with van der Waals surface area (Å²) in [4.78, 5) is 27.6. The molecule has 1 unspecified atom stereocenters. The minimum Gasteiger partial charge on any atom is -0.394 e. The van der Waals surface area contributed by atoms with Gasteiger partial charge in [0.1, 0.15) is 0 Å². The van der Waals surface area contributed by atoms with Crippen LogP contribution in [0.3, 0.4) is 0 Å². The number of rotatable bonds is 3. The number of hydrogen-bond donors (Lipinski definition) is 2. The van der Waals surface area contributed by atoms with Gasteiger partial charge in [0, 0.05) is 28.7 Å². The molecule has 0 saturated carbocycles. The number of para-hydroxylation sites is 1. The lowest BCUT2D eigenvalue weighted by Crippen LogP contribution is -2.24. The highest BCUT2D eigenvalue weighted by molar-refractivity contribution is 6.37. The van der Waals surface area contributed by atoms with Crippen LogP contribution in [-0.2, 0) is 6.54 Å². The van der Waals surface area contributed by atoms with Gasteiger partial charge in [0.25, 0.3) is 11.8 Å². The normalized spacial score (nSPS) is 14.9. The summed E-state index contributed by atoms with van der Waals surface area (Å²) >= 11 is 0. The smallest absolute Gasteiger partial charge is 0.262 e. The fourth-order valence-electron chi connectivity index (χ4n) is 5.06. The molecule has 5 aromatic rings. The first-order valence-electron chi connectivity index (χ1n) is 10.5. The van der Waals surface area contributed by atoms with Crippen molar-refractivity contribution in [3.8, 4) is 0 Å². The molecule has 0 fully saturated rings. The van der Waals surface area contributed by atoms with E-state index in [1.807, 2.05) is 65.2 Å². The van der Waals surface area contributed by atoms with E-state index in [9.17, 15) is 19.8 Å². The molecule has 1 atom stereocenters. The molecule has 158 valence electrons. The third kappa shape index (κ3) is 2.36. The maximum atomic E-state index is 13.3. The molecule has 0 aliphatic carbocycles. The van der Waals surface area contributed by atoms with Crippen LogP contribution in [0.2, 0.25) is 0 Å². The lowest BCUT2D eigenvalue weighted by atomic mass is 9.93. The molecule has 1 aromatic heterocycles. The van der Waals surface area contributed by atoms with E-state index in [2.05, 4.69) is 0 Å². The SMILES string of the molecule is CN1C(=O)c2c(c3c4ccccc4n(CC(O)CO)c3c3cc4ccccc4cc23)C1=O. The first kappa shape index (κ1) is 19.0. The maximum absolute atomic E-state index is 13.3. The largest absolute Gasteiger partial charge is 0.394 e. The second-order valence-corrected chi connectivity index (χ2v) is 8.35. The van der Waals surface area contributed by atoms with Gasteiger partial charge >= 0.3 is 0 Å². The number of aliphatic hydroxyl groups is 2. The number of aliphatic hydroxyl groups excluding tert-OH is 2. The van der Waals surface area contributed by atoms with E-state index in [-0.39, 0.29) is 25.0 Å². The van der Waals surface area contributed by atoms with Crippen LogP contribution in [0.5, 0.6) is 0 Å². The minimum absolute atomic E-state index is 0.166. The van der Waals surface area contributed by atoms with Crippen molar-refractivity contribution in [3.63, 3.8) is 0 Å². The zero-order chi connectivity index (χ0) is 22.1. The van der Waals surface area contributed by atoms with Crippen LogP contribution in [0.4, 0.5) is 0 Å². The van der Waals surface area contributed by atoms with Crippen LogP contribution in [-0.4, -0.2) is 51.3 Å². The molecule has 0 bridgehead atoms. The molecule has 6 heteroatoms. The summed E-state index contributed by atoms with van der Waals surface area (Å²) in [7, 11) is 1.51. The van der Waals surface area contributed by atoms with Gasteiger partial charge in [-0.15, -0.1) is 0 Å². The van der Waals surface area contributed by atoms with Crippen molar-refractivity contribution in [3.05, 3.63) is 71.8 Å². The maximum Gasteiger partial charge on any atom is 0.262 e. The summed E-state index contributed by atoms with van der Waals surface area (Å²) in [5.41, 5.74) is 2.46. The second-order valence-electron chi connectivity index (χ2n) is 8.35. The van der Waals surface area contributed by atoms with Crippen molar-refractivity contribution in [2.45, 2.75) is 12.6 Å². The number of carbonyl (C=O) groups is 2. The highest BCUT2D eigenvalue weighted by Gasteiger charge is 2.38. The van der Waals surface area contributed by atoms with E-state index in [1.165, 1.54) is 11.9 Å². The fraction of sp³-hybridized carbons (Fsp3) is 0.154. The van der Waals surface area contributed by atoms with Gasteiger partial charge in [0.2, 0.25) is 0 Å². The number of carbonyl (C=O) groups excluding carboxylic acids is 2. The highest BCUT2D eigenvalue weighted by Crippen LogP contribution is 2.43. The van der Waals surface area contributed by atoms with E-state index >= 15 is 0 Å². The van der Waals surface area contributed by atoms with Crippen LogP contribution in [0.15, 0.2) is 60.7 Å². The van der Waals surface area contributed by atoms with E-state index < -0.39 is 6.10 Å². The summed E-state index contributed by atoms with van der Waals surface area (Å²) in [6.45, 7) is -0.209. The van der Waals surface area contributed by atoms with Crippen molar-refractivity contribution in [2.24, 2.45) is 0 Å². The average molecular weight is 424 g/mol. The van der Waals surface area contributed by atoms with E-state index in [0.29, 0.717) is 16.5 Å². The molecule has 2 amide bonds. The first-order valence-corrected chi connectivity index (χ1v) is 10.5. The Hall–Kier alpha value is -3.74. The van der Waals surface area contributed by atoms with Gasteiger partial charge in [-0.2, -0.15) is 0 Å². The molecule has 6 nitrogen and oxygen atoms in total. The molecule has 0 saturated heterocycles. The number of benzene rings is 4. The summed E-state index contributed by atoms with van der Waals surface area (Å²) in [6.07, 6.45) is -0.960. The van der Waals surface area contributed by atoms with E-state index in [4.69, 9.17) is 0 Å². The number of nitrogens with zero attached hydrogens (tertiary/aromatic N) is 2. The molecule has 32 heavy (non-hydrogen) atoms.